The van der Waals surface area contributed by atoms with Crippen LogP contribution in [-0.2, 0) is 11.3 Å². The molecule has 26 heavy (non-hydrogen) atoms. The van der Waals surface area contributed by atoms with E-state index in [1.54, 1.807) is 14.2 Å². The van der Waals surface area contributed by atoms with Crippen LogP contribution >= 0.6 is 0 Å². The molecule has 2 aromatic carbocycles. The van der Waals surface area contributed by atoms with Crippen molar-refractivity contribution in [1.29, 1.82) is 0 Å². The first-order valence-corrected chi connectivity index (χ1v) is 8.56. The van der Waals surface area contributed by atoms with Crippen LogP contribution in [0, 0.1) is 0 Å². The van der Waals surface area contributed by atoms with Gasteiger partial charge in [0.2, 0.25) is 0 Å². The fourth-order valence-electron chi connectivity index (χ4n) is 3.06. The summed E-state index contributed by atoms with van der Waals surface area (Å²) in [6, 6.07) is 15.7. The maximum atomic E-state index is 5.36. The van der Waals surface area contributed by atoms with E-state index in [2.05, 4.69) is 4.57 Å². The maximum Gasteiger partial charge on any atom is 0.198 e. The lowest BCUT2D eigenvalue weighted by Crippen LogP contribution is -2.04. The summed E-state index contributed by atoms with van der Waals surface area (Å²) >= 11 is 0. The Morgan fingerprint density at radius 2 is 1.73 bits per heavy atom. The molecule has 4 aromatic rings. The molecule has 0 amide bonds. The summed E-state index contributed by atoms with van der Waals surface area (Å²) in [4.78, 5) is 14.3. The molecule has 132 valence electrons. The van der Waals surface area contributed by atoms with Gasteiger partial charge >= 0.3 is 0 Å². The Hall–Kier alpha value is -2.99. The Morgan fingerprint density at radius 1 is 0.923 bits per heavy atom. The Bertz CT molecular complexity index is 1060. The van der Waals surface area contributed by atoms with Gasteiger partial charge in [-0.15, -0.1) is 0 Å². The second-order valence-corrected chi connectivity index (χ2v) is 6.02. The number of hydrogen-bond acceptors (Lipinski definition) is 5. The Balaban J connectivity index is 1.91. The first-order chi connectivity index (χ1) is 12.8. The van der Waals surface area contributed by atoms with E-state index >= 15 is 0 Å². The highest BCUT2D eigenvalue weighted by Gasteiger charge is 2.16. The van der Waals surface area contributed by atoms with Gasteiger partial charge in [-0.05, 0) is 30.7 Å². The summed E-state index contributed by atoms with van der Waals surface area (Å²) in [5.41, 5.74) is 4.13. The van der Waals surface area contributed by atoms with Gasteiger partial charge in [-0.3, -0.25) is 0 Å². The molecule has 0 aliphatic heterocycles. The van der Waals surface area contributed by atoms with Crippen LogP contribution < -0.4 is 4.74 Å². The summed E-state index contributed by atoms with van der Waals surface area (Å²) in [6.45, 7) is 1.43. The summed E-state index contributed by atoms with van der Waals surface area (Å²) in [5, 5.41) is 0. The molecule has 0 N–H and O–H groups in total. The fourth-order valence-corrected chi connectivity index (χ4v) is 3.06. The number of methoxy groups -OCH3 is 2. The fraction of sp³-hybridized carbons (Fsp3) is 0.250. The number of fused-ring (bicyclic) bond motifs is 2. The maximum absolute atomic E-state index is 5.36. The van der Waals surface area contributed by atoms with Crippen molar-refractivity contribution in [2.75, 3.05) is 20.8 Å². The first-order valence-electron chi connectivity index (χ1n) is 8.56. The molecule has 0 atom stereocenters. The first kappa shape index (κ1) is 16.5. The Morgan fingerprint density at radius 3 is 2.50 bits per heavy atom. The van der Waals surface area contributed by atoms with E-state index in [0.717, 1.165) is 46.8 Å². The zero-order valence-electron chi connectivity index (χ0n) is 14.8. The van der Waals surface area contributed by atoms with Crippen molar-refractivity contribution >= 4 is 22.3 Å². The minimum absolute atomic E-state index is 0.652. The number of aryl methyl sites for hydroxylation is 1. The van der Waals surface area contributed by atoms with Gasteiger partial charge in [0.15, 0.2) is 11.3 Å². The molecule has 0 aliphatic rings. The summed E-state index contributed by atoms with van der Waals surface area (Å²) in [7, 11) is 3.37. The molecule has 0 saturated carbocycles. The number of nitrogens with zero attached hydrogens (tertiary/aromatic N) is 4. The monoisotopic (exact) mass is 348 g/mol. The molecular formula is C20H20N4O2. The van der Waals surface area contributed by atoms with Gasteiger partial charge in [0.1, 0.15) is 11.6 Å². The lowest BCUT2D eigenvalue weighted by molar-refractivity contribution is 0.191. The molecule has 2 heterocycles. The molecule has 0 radical (unpaired) electrons. The largest absolute Gasteiger partial charge is 0.497 e. The third-order valence-electron chi connectivity index (χ3n) is 4.32. The number of hydrogen-bond donors (Lipinski definition) is 0. The molecule has 6 heteroatoms. The molecule has 0 spiro atoms. The van der Waals surface area contributed by atoms with Crippen LogP contribution in [0.15, 0.2) is 48.5 Å². The van der Waals surface area contributed by atoms with Gasteiger partial charge in [-0.25, -0.2) is 15.0 Å². The van der Waals surface area contributed by atoms with E-state index in [1.165, 1.54) is 0 Å². The van der Waals surface area contributed by atoms with Crippen molar-refractivity contribution in [1.82, 2.24) is 19.5 Å². The van der Waals surface area contributed by atoms with Crippen molar-refractivity contribution in [3.63, 3.8) is 0 Å². The SMILES string of the molecule is COCCCn1c(-c2cccc(OC)c2)nc2nc3ccccc3nc21. The van der Waals surface area contributed by atoms with E-state index in [4.69, 9.17) is 24.4 Å². The van der Waals surface area contributed by atoms with Gasteiger partial charge in [0.05, 0.1) is 18.1 Å². The van der Waals surface area contributed by atoms with Crippen molar-refractivity contribution in [2.24, 2.45) is 0 Å². The normalized spacial score (nSPS) is 11.3. The van der Waals surface area contributed by atoms with Crippen LogP contribution in [0.3, 0.4) is 0 Å². The third-order valence-corrected chi connectivity index (χ3v) is 4.32. The van der Waals surface area contributed by atoms with Gasteiger partial charge in [0, 0.05) is 25.8 Å². The molecule has 0 aliphatic carbocycles. The van der Waals surface area contributed by atoms with Crippen LogP contribution in [0.2, 0.25) is 0 Å². The molecular weight excluding hydrogens is 328 g/mol. The number of ether oxygens (including phenoxy) is 2. The van der Waals surface area contributed by atoms with Crippen molar-refractivity contribution in [3.8, 4) is 17.1 Å². The second-order valence-electron chi connectivity index (χ2n) is 6.02. The van der Waals surface area contributed by atoms with E-state index < -0.39 is 0 Å². The molecule has 0 fully saturated rings. The third kappa shape index (κ3) is 2.99. The Kier molecular flexibility index (Phi) is 4.50. The number of aromatic nitrogens is 4. The predicted molar refractivity (Wildman–Crippen MR) is 101 cm³/mol. The average Bonchev–Trinajstić information content (AvgIpc) is 3.04. The average molecular weight is 348 g/mol. The standard InChI is InChI=1S/C20H20N4O2/c1-25-12-6-11-24-19(14-7-5-8-15(13-14)26-2)23-18-20(24)22-17-10-4-3-9-16(17)21-18/h3-5,7-10,13H,6,11-12H2,1-2H3. The summed E-state index contributed by atoms with van der Waals surface area (Å²) in [6.07, 6.45) is 0.868. The summed E-state index contributed by atoms with van der Waals surface area (Å²) < 4.78 is 12.7. The number of imidazole rings is 1. The van der Waals surface area contributed by atoms with Crippen LogP contribution in [0.5, 0.6) is 5.75 Å². The molecule has 2 aromatic heterocycles. The molecule has 0 bridgehead atoms. The van der Waals surface area contributed by atoms with E-state index in [1.807, 2.05) is 48.5 Å². The zero-order valence-corrected chi connectivity index (χ0v) is 14.8. The van der Waals surface area contributed by atoms with Gasteiger partial charge in [-0.1, -0.05) is 24.3 Å². The minimum atomic E-state index is 0.652. The number of benzene rings is 2. The van der Waals surface area contributed by atoms with Crippen molar-refractivity contribution < 1.29 is 9.47 Å². The lowest BCUT2D eigenvalue weighted by atomic mass is 10.2. The number of rotatable bonds is 6. The van der Waals surface area contributed by atoms with Crippen molar-refractivity contribution in [2.45, 2.75) is 13.0 Å². The quantitative estimate of drug-likeness (QED) is 0.497. The van der Waals surface area contributed by atoms with E-state index in [-0.39, 0.29) is 0 Å². The van der Waals surface area contributed by atoms with E-state index in [0.29, 0.717) is 12.3 Å². The van der Waals surface area contributed by atoms with Crippen LogP contribution in [0.4, 0.5) is 0 Å². The minimum Gasteiger partial charge on any atom is -0.497 e. The van der Waals surface area contributed by atoms with Crippen LogP contribution in [0.1, 0.15) is 6.42 Å². The topological polar surface area (TPSA) is 62.1 Å². The highest BCUT2D eigenvalue weighted by molar-refractivity contribution is 5.84. The highest BCUT2D eigenvalue weighted by atomic mass is 16.5. The highest BCUT2D eigenvalue weighted by Crippen LogP contribution is 2.27. The van der Waals surface area contributed by atoms with Crippen LogP contribution in [-0.4, -0.2) is 40.3 Å². The second kappa shape index (κ2) is 7.09. The predicted octanol–water partition coefficient (Wildman–Crippen LogP) is 3.69. The molecule has 4 rings (SSSR count). The molecule has 0 saturated heterocycles. The lowest BCUT2D eigenvalue weighted by Gasteiger charge is -2.09. The smallest absolute Gasteiger partial charge is 0.198 e. The van der Waals surface area contributed by atoms with Gasteiger partial charge in [0.25, 0.3) is 0 Å². The van der Waals surface area contributed by atoms with E-state index in [9.17, 15) is 0 Å². The van der Waals surface area contributed by atoms with Gasteiger partial charge < -0.3 is 14.0 Å². The van der Waals surface area contributed by atoms with Crippen LogP contribution in [0.25, 0.3) is 33.7 Å². The Labute approximate surface area is 151 Å². The van der Waals surface area contributed by atoms with Crippen molar-refractivity contribution in [3.05, 3.63) is 48.5 Å². The summed E-state index contributed by atoms with van der Waals surface area (Å²) in [5.74, 6) is 1.63. The van der Waals surface area contributed by atoms with Gasteiger partial charge in [-0.2, -0.15) is 0 Å². The molecule has 0 unspecified atom stereocenters. The molecule has 6 nitrogen and oxygen atoms in total. The zero-order chi connectivity index (χ0) is 17.9. The number of para-hydroxylation sites is 2.